The molecule has 1 heterocycles. The molecule has 4 nitrogen and oxygen atoms in total. The van der Waals surface area contributed by atoms with Crippen LogP contribution >= 0.6 is 11.6 Å². The predicted molar refractivity (Wildman–Crippen MR) is 74.5 cm³/mol. The van der Waals surface area contributed by atoms with Crippen LogP contribution in [-0.2, 0) is 0 Å². The van der Waals surface area contributed by atoms with E-state index in [1.807, 2.05) is 6.07 Å². The molecule has 0 atom stereocenters. The number of anilines is 1. The van der Waals surface area contributed by atoms with Gasteiger partial charge in [0, 0.05) is 30.7 Å². The van der Waals surface area contributed by atoms with Crippen molar-refractivity contribution in [3.63, 3.8) is 0 Å². The molecule has 0 aliphatic rings. The molecule has 1 aromatic carbocycles. The topological polar surface area (TPSA) is 57.2 Å². The number of hydrogen-bond acceptors (Lipinski definition) is 4. The highest BCUT2D eigenvalue weighted by Gasteiger charge is 2.14. The Morgan fingerprint density at radius 3 is 2.42 bits per heavy atom. The standard InChI is InChI=1S/C14H11ClN2O2/c1-17(2)12-7-13(19-14(18)11(12)8-16)9-3-5-10(15)6-4-9/h3-7H,1-2H3. The lowest BCUT2D eigenvalue weighted by atomic mass is 10.1. The zero-order valence-corrected chi connectivity index (χ0v) is 11.2. The normalized spacial score (nSPS) is 10.0. The highest BCUT2D eigenvalue weighted by Crippen LogP contribution is 2.25. The minimum atomic E-state index is -0.640. The maximum atomic E-state index is 11.8. The number of nitrogens with zero attached hydrogens (tertiary/aromatic N) is 2. The van der Waals surface area contributed by atoms with Gasteiger partial charge in [-0.15, -0.1) is 0 Å². The van der Waals surface area contributed by atoms with Gasteiger partial charge in [-0.2, -0.15) is 5.26 Å². The Hall–Kier alpha value is -2.25. The van der Waals surface area contributed by atoms with Gasteiger partial charge in [-0.3, -0.25) is 0 Å². The van der Waals surface area contributed by atoms with E-state index < -0.39 is 5.63 Å². The third-order valence-corrected chi connectivity index (χ3v) is 2.91. The molecule has 96 valence electrons. The van der Waals surface area contributed by atoms with Crippen LogP contribution in [0.25, 0.3) is 11.3 Å². The first kappa shape index (κ1) is 13.2. The molecule has 0 radical (unpaired) electrons. The fraction of sp³-hybridized carbons (Fsp3) is 0.143. The summed E-state index contributed by atoms with van der Waals surface area (Å²) in [5.74, 6) is 0.407. The average Bonchev–Trinajstić information content (AvgIpc) is 2.38. The molecule has 0 amide bonds. The summed E-state index contributed by atoms with van der Waals surface area (Å²) < 4.78 is 5.17. The lowest BCUT2D eigenvalue weighted by Gasteiger charge is -2.14. The SMILES string of the molecule is CN(C)c1cc(-c2ccc(Cl)cc2)oc(=O)c1C#N. The van der Waals surface area contributed by atoms with Gasteiger partial charge in [0.2, 0.25) is 0 Å². The second kappa shape index (κ2) is 5.17. The van der Waals surface area contributed by atoms with Crippen molar-refractivity contribution in [1.29, 1.82) is 5.26 Å². The fourth-order valence-corrected chi connectivity index (χ4v) is 1.82. The molecule has 0 N–H and O–H groups in total. The van der Waals surface area contributed by atoms with Gasteiger partial charge >= 0.3 is 5.63 Å². The first-order valence-corrected chi connectivity index (χ1v) is 5.92. The molecule has 0 aliphatic carbocycles. The van der Waals surface area contributed by atoms with Crippen LogP contribution in [0.1, 0.15) is 5.56 Å². The smallest absolute Gasteiger partial charge is 0.356 e. The van der Waals surface area contributed by atoms with Crippen LogP contribution in [0.3, 0.4) is 0 Å². The zero-order chi connectivity index (χ0) is 14.0. The summed E-state index contributed by atoms with van der Waals surface area (Å²) in [6, 6.07) is 10.5. The van der Waals surface area contributed by atoms with E-state index in [2.05, 4.69) is 0 Å². The third-order valence-electron chi connectivity index (χ3n) is 2.65. The van der Waals surface area contributed by atoms with E-state index in [1.165, 1.54) is 0 Å². The maximum Gasteiger partial charge on any atom is 0.356 e. The second-order valence-electron chi connectivity index (χ2n) is 4.17. The number of halogens is 1. The Morgan fingerprint density at radius 1 is 1.26 bits per heavy atom. The van der Waals surface area contributed by atoms with Gasteiger partial charge in [-0.1, -0.05) is 11.6 Å². The summed E-state index contributed by atoms with van der Waals surface area (Å²) in [7, 11) is 3.53. The molecule has 1 aromatic heterocycles. The zero-order valence-electron chi connectivity index (χ0n) is 10.5. The first-order valence-electron chi connectivity index (χ1n) is 5.54. The molecule has 0 unspecified atom stereocenters. The van der Waals surface area contributed by atoms with Crippen LogP contribution in [0.5, 0.6) is 0 Å². The molecular weight excluding hydrogens is 264 g/mol. The molecule has 0 aliphatic heterocycles. The van der Waals surface area contributed by atoms with Crippen molar-refractivity contribution in [2.75, 3.05) is 19.0 Å². The minimum absolute atomic E-state index is 0.00251. The number of rotatable bonds is 2. The first-order chi connectivity index (χ1) is 9.02. The van der Waals surface area contributed by atoms with Crippen LogP contribution in [0.15, 0.2) is 39.5 Å². The van der Waals surface area contributed by atoms with Gasteiger partial charge in [0.05, 0.1) is 5.69 Å². The van der Waals surface area contributed by atoms with Crippen LogP contribution < -0.4 is 10.5 Å². The van der Waals surface area contributed by atoms with Crippen LogP contribution in [0.2, 0.25) is 5.02 Å². The van der Waals surface area contributed by atoms with Crippen LogP contribution in [-0.4, -0.2) is 14.1 Å². The van der Waals surface area contributed by atoms with E-state index in [1.54, 1.807) is 49.3 Å². The van der Waals surface area contributed by atoms with Crippen molar-refractivity contribution < 1.29 is 4.42 Å². The lowest BCUT2D eigenvalue weighted by molar-refractivity contribution is 0.523. The highest BCUT2D eigenvalue weighted by molar-refractivity contribution is 6.30. The molecule has 0 saturated heterocycles. The molecule has 2 rings (SSSR count). The summed E-state index contributed by atoms with van der Waals surface area (Å²) in [4.78, 5) is 13.5. The van der Waals surface area contributed by atoms with Gasteiger partial charge in [0.1, 0.15) is 11.8 Å². The summed E-state index contributed by atoms with van der Waals surface area (Å²) in [6.07, 6.45) is 0. The van der Waals surface area contributed by atoms with E-state index in [0.717, 1.165) is 5.56 Å². The molecule has 0 saturated carbocycles. The van der Waals surface area contributed by atoms with Gasteiger partial charge < -0.3 is 9.32 Å². The summed E-state index contributed by atoms with van der Waals surface area (Å²) >= 11 is 5.82. The Morgan fingerprint density at radius 2 is 1.89 bits per heavy atom. The molecule has 0 spiro atoms. The van der Waals surface area contributed by atoms with E-state index in [4.69, 9.17) is 21.3 Å². The predicted octanol–water partition coefficient (Wildman–Crippen LogP) is 2.90. The third kappa shape index (κ3) is 2.61. The van der Waals surface area contributed by atoms with Crippen LogP contribution in [0.4, 0.5) is 5.69 Å². The molecule has 2 aromatic rings. The van der Waals surface area contributed by atoms with E-state index in [0.29, 0.717) is 16.5 Å². The van der Waals surface area contributed by atoms with Gasteiger partial charge in [-0.05, 0) is 24.3 Å². The number of nitriles is 1. The van der Waals surface area contributed by atoms with Gasteiger partial charge in [-0.25, -0.2) is 4.79 Å². The highest BCUT2D eigenvalue weighted by atomic mass is 35.5. The van der Waals surface area contributed by atoms with Crippen molar-refractivity contribution in [1.82, 2.24) is 0 Å². The van der Waals surface area contributed by atoms with E-state index >= 15 is 0 Å². The van der Waals surface area contributed by atoms with Gasteiger partial charge in [0.15, 0.2) is 5.56 Å². The van der Waals surface area contributed by atoms with Crippen molar-refractivity contribution in [2.24, 2.45) is 0 Å². The largest absolute Gasteiger partial charge is 0.422 e. The average molecular weight is 275 g/mol. The maximum absolute atomic E-state index is 11.8. The Balaban J connectivity index is 2.64. The van der Waals surface area contributed by atoms with Crippen molar-refractivity contribution in [3.05, 3.63) is 51.3 Å². The Kier molecular flexibility index (Phi) is 3.59. The Bertz CT molecular complexity index is 697. The molecule has 0 bridgehead atoms. The summed E-state index contributed by atoms with van der Waals surface area (Å²) in [5.41, 5.74) is 0.624. The molecule has 0 fully saturated rings. The molecule has 19 heavy (non-hydrogen) atoms. The van der Waals surface area contributed by atoms with Crippen molar-refractivity contribution in [3.8, 4) is 17.4 Å². The van der Waals surface area contributed by atoms with Crippen LogP contribution in [0, 0.1) is 11.3 Å². The monoisotopic (exact) mass is 274 g/mol. The summed E-state index contributed by atoms with van der Waals surface area (Å²) in [5, 5.41) is 9.60. The minimum Gasteiger partial charge on any atom is -0.422 e. The summed E-state index contributed by atoms with van der Waals surface area (Å²) in [6.45, 7) is 0. The quantitative estimate of drug-likeness (QED) is 0.845. The van der Waals surface area contributed by atoms with E-state index in [-0.39, 0.29) is 5.56 Å². The second-order valence-corrected chi connectivity index (χ2v) is 4.61. The lowest BCUT2D eigenvalue weighted by Crippen LogP contribution is -2.16. The van der Waals surface area contributed by atoms with E-state index in [9.17, 15) is 4.79 Å². The Labute approximate surface area is 115 Å². The molecule has 5 heteroatoms. The van der Waals surface area contributed by atoms with Crippen molar-refractivity contribution >= 4 is 17.3 Å². The number of hydrogen-bond donors (Lipinski definition) is 0. The van der Waals surface area contributed by atoms with Crippen molar-refractivity contribution in [2.45, 2.75) is 0 Å². The van der Waals surface area contributed by atoms with Gasteiger partial charge in [0.25, 0.3) is 0 Å². The molecular formula is C14H11ClN2O2. The number of benzene rings is 1. The fourth-order valence-electron chi connectivity index (χ4n) is 1.69.